The van der Waals surface area contributed by atoms with Crippen molar-refractivity contribution in [3.63, 3.8) is 0 Å². The number of methoxy groups -OCH3 is 1. The molecule has 3 unspecified atom stereocenters. The normalized spacial score (nSPS) is 26.2. The molecule has 0 aromatic heterocycles. The molecular weight excluding hydrogens is 230 g/mol. The molecule has 5 nitrogen and oxygen atoms in total. The summed E-state index contributed by atoms with van der Waals surface area (Å²) in [6.45, 7) is 7.12. The summed E-state index contributed by atoms with van der Waals surface area (Å²) in [5.41, 5.74) is 5.80. The third-order valence-corrected chi connectivity index (χ3v) is 3.87. The molecule has 0 spiro atoms. The van der Waals surface area contributed by atoms with Crippen LogP contribution in [0.5, 0.6) is 0 Å². The molecule has 0 bridgehead atoms. The van der Waals surface area contributed by atoms with E-state index in [1.807, 2.05) is 6.92 Å². The molecule has 0 saturated carbocycles. The maximum Gasteiger partial charge on any atom is 0.237 e. The highest BCUT2D eigenvalue weighted by atomic mass is 16.5. The number of carbonyl (C=O) groups excluding carboxylic acids is 1. The van der Waals surface area contributed by atoms with Gasteiger partial charge in [-0.3, -0.25) is 9.69 Å². The van der Waals surface area contributed by atoms with Gasteiger partial charge in [-0.15, -0.1) is 0 Å². The fraction of sp³-hybridized carbons (Fsp3) is 0.923. The lowest BCUT2D eigenvalue weighted by Gasteiger charge is -2.30. The molecule has 5 heteroatoms. The van der Waals surface area contributed by atoms with Crippen LogP contribution in [0.1, 0.15) is 26.7 Å². The van der Waals surface area contributed by atoms with Crippen molar-refractivity contribution in [1.29, 1.82) is 0 Å². The maximum atomic E-state index is 12.0. The SMILES string of the molecule is COCCCNC(=O)C(C)N1CCC(C)C1CN. The van der Waals surface area contributed by atoms with Gasteiger partial charge in [-0.2, -0.15) is 0 Å². The van der Waals surface area contributed by atoms with Crippen molar-refractivity contribution in [2.45, 2.75) is 38.8 Å². The Bertz CT molecular complexity index is 261. The Morgan fingerprint density at radius 3 is 2.94 bits per heavy atom. The average molecular weight is 257 g/mol. The van der Waals surface area contributed by atoms with E-state index < -0.39 is 0 Å². The van der Waals surface area contributed by atoms with Crippen LogP contribution < -0.4 is 11.1 Å². The lowest BCUT2D eigenvalue weighted by molar-refractivity contribution is -0.126. The Morgan fingerprint density at radius 2 is 2.33 bits per heavy atom. The number of nitrogens with one attached hydrogen (secondary N) is 1. The average Bonchev–Trinajstić information content (AvgIpc) is 2.74. The topological polar surface area (TPSA) is 67.6 Å². The van der Waals surface area contributed by atoms with E-state index >= 15 is 0 Å². The van der Waals surface area contributed by atoms with Crippen LogP contribution in [0.15, 0.2) is 0 Å². The molecule has 1 fully saturated rings. The monoisotopic (exact) mass is 257 g/mol. The van der Waals surface area contributed by atoms with Crippen molar-refractivity contribution in [3.8, 4) is 0 Å². The van der Waals surface area contributed by atoms with Crippen LogP contribution in [0.25, 0.3) is 0 Å². The largest absolute Gasteiger partial charge is 0.385 e. The minimum Gasteiger partial charge on any atom is -0.385 e. The number of rotatable bonds is 7. The van der Waals surface area contributed by atoms with Crippen LogP contribution in [-0.4, -0.2) is 56.2 Å². The zero-order valence-electron chi connectivity index (χ0n) is 11.8. The Kier molecular flexibility index (Phi) is 6.60. The van der Waals surface area contributed by atoms with Crippen molar-refractivity contribution in [2.75, 3.05) is 33.4 Å². The third kappa shape index (κ3) is 3.93. The fourth-order valence-corrected chi connectivity index (χ4v) is 2.61. The van der Waals surface area contributed by atoms with Crippen LogP contribution in [0.3, 0.4) is 0 Å². The number of carbonyl (C=O) groups is 1. The Labute approximate surface area is 110 Å². The Hall–Kier alpha value is -0.650. The van der Waals surface area contributed by atoms with E-state index in [2.05, 4.69) is 17.1 Å². The van der Waals surface area contributed by atoms with Crippen LogP contribution in [0, 0.1) is 5.92 Å². The first-order chi connectivity index (χ1) is 8.61. The first-order valence-corrected chi connectivity index (χ1v) is 6.84. The van der Waals surface area contributed by atoms with Gasteiger partial charge in [0.15, 0.2) is 0 Å². The highest BCUT2D eigenvalue weighted by Gasteiger charge is 2.35. The van der Waals surface area contributed by atoms with Crippen molar-refractivity contribution >= 4 is 5.91 Å². The van der Waals surface area contributed by atoms with Gasteiger partial charge in [-0.25, -0.2) is 0 Å². The van der Waals surface area contributed by atoms with E-state index in [1.54, 1.807) is 7.11 Å². The van der Waals surface area contributed by atoms with E-state index in [1.165, 1.54) is 0 Å². The highest BCUT2D eigenvalue weighted by Crippen LogP contribution is 2.25. The van der Waals surface area contributed by atoms with Crippen LogP contribution in [-0.2, 0) is 9.53 Å². The van der Waals surface area contributed by atoms with Gasteiger partial charge >= 0.3 is 0 Å². The van der Waals surface area contributed by atoms with Gasteiger partial charge in [0.1, 0.15) is 0 Å². The van der Waals surface area contributed by atoms with Gasteiger partial charge in [-0.05, 0) is 32.2 Å². The Balaban J connectivity index is 2.38. The molecule has 1 amide bonds. The summed E-state index contributed by atoms with van der Waals surface area (Å²) in [5, 5.41) is 2.95. The second-order valence-corrected chi connectivity index (χ2v) is 5.12. The lowest BCUT2D eigenvalue weighted by atomic mass is 10.0. The molecule has 0 aromatic carbocycles. The zero-order valence-corrected chi connectivity index (χ0v) is 11.8. The second kappa shape index (κ2) is 7.71. The van der Waals surface area contributed by atoms with E-state index in [0.717, 1.165) is 19.4 Å². The second-order valence-electron chi connectivity index (χ2n) is 5.12. The predicted molar refractivity (Wildman–Crippen MR) is 72.3 cm³/mol. The molecule has 18 heavy (non-hydrogen) atoms. The number of amides is 1. The van der Waals surface area contributed by atoms with E-state index in [9.17, 15) is 4.79 Å². The van der Waals surface area contributed by atoms with Gasteiger partial charge < -0.3 is 15.8 Å². The van der Waals surface area contributed by atoms with Gasteiger partial charge in [0, 0.05) is 32.8 Å². The minimum atomic E-state index is -0.0916. The molecular formula is C13H27N3O2. The summed E-state index contributed by atoms with van der Waals surface area (Å²) in [6.07, 6.45) is 1.98. The summed E-state index contributed by atoms with van der Waals surface area (Å²) >= 11 is 0. The van der Waals surface area contributed by atoms with Crippen LogP contribution >= 0.6 is 0 Å². The molecule has 0 aliphatic carbocycles. The molecule has 0 radical (unpaired) electrons. The quantitative estimate of drug-likeness (QED) is 0.639. The van der Waals surface area contributed by atoms with Crippen molar-refractivity contribution in [2.24, 2.45) is 11.7 Å². The summed E-state index contributed by atoms with van der Waals surface area (Å²) in [4.78, 5) is 14.3. The van der Waals surface area contributed by atoms with E-state index in [0.29, 0.717) is 31.7 Å². The molecule has 1 aliphatic heterocycles. The van der Waals surface area contributed by atoms with Gasteiger partial charge in [0.25, 0.3) is 0 Å². The summed E-state index contributed by atoms with van der Waals surface area (Å²) < 4.78 is 4.95. The van der Waals surface area contributed by atoms with E-state index in [4.69, 9.17) is 10.5 Å². The van der Waals surface area contributed by atoms with E-state index in [-0.39, 0.29) is 11.9 Å². The standard InChI is InChI=1S/C13H27N3O2/c1-10-5-7-16(12(10)9-14)11(2)13(17)15-6-4-8-18-3/h10-12H,4-9,14H2,1-3H3,(H,15,17). The number of hydrogen-bond acceptors (Lipinski definition) is 4. The molecule has 1 aliphatic rings. The highest BCUT2D eigenvalue weighted by molar-refractivity contribution is 5.81. The molecule has 1 saturated heterocycles. The molecule has 3 atom stereocenters. The molecule has 3 N–H and O–H groups in total. The molecule has 0 aromatic rings. The zero-order chi connectivity index (χ0) is 13.5. The van der Waals surface area contributed by atoms with Crippen molar-refractivity contribution in [1.82, 2.24) is 10.2 Å². The first kappa shape index (κ1) is 15.4. The maximum absolute atomic E-state index is 12.0. The number of ether oxygens (including phenoxy) is 1. The number of likely N-dealkylation sites (tertiary alicyclic amines) is 1. The van der Waals surface area contributed by atoms with Crippen LogP contribution in [0.4, 0.5) is 0 Å². The third-order valence-electron chi connectivity index (χ3n) is 3.87. The summed E-state index contributed by atoms with van der Waals surface area (Å²) in [7, 11) is 1.67. The van der Waals surface area contributed by atoms with Crippen LogP contribution in [0.2, 0.25) is 0 Å². The fourth-order valence-electron chi connectivity index (χ4n) is 2.61. The minimum absolute atomic E-state index is 0.0916. The number of hydrogen-bond donors (Lipinski definition) is 2. The summed E-state index contributed by atoms with van der Waals surface area (Å²) in [6, 6.07) is 0.246. The molecule has 1 rings (SSSR count). The number of nitrogens with two attached hydrogens (primary N) is 1. The van der Waals surface area contributed by atoms with Gasteiger partial charge in [0.2, 0.25) is 5.91 Å². The van der Waals surface area contributed by atoms with Crippen molar-refractivity contribution in [3.05, 3.63) is 0 Å². The Morgan fingerprint density at radius 1 is 1.61 bits per heavy atom. The predicted octanol–water partition coefficient (Wildman–Crippen LogP) is 0.197. The smallest absolute Gasteiger partial charge is 0.237 e. The van der Waals surface area contributed by atoms with Crippen molar-refractivity contribution < 1.29 is 9.53 Å². The molecule has 1 heterocycles. The first-order valence-electron chi connectivity index (χ1n) is 6.84. The van der Waals surface area contributed by atoms with Gasteiger partial charge in [0.05, 0.1) is 6.04 Å². The van der Waals surface area contributed by atoms with Gasteiger partial charge in [-0.1, -0.05) is 6.92 Å². The lowest BCUT2D eigenvalue weighted by Crippen LogP contribution is -2.50. The summed E-state index contributed by atoms with van der Waals surface area (Å²) in [5.74, 6) is 0.678. The number of nitrogens with zero attached hydrogens (tertiary/aromatic N) is 1. The molecule has 106 valence electrons.